The number of methoxy groups -OCH3 is 1. The third-order valence-corrected chi connectivity index (χ3v) is 4.05. The van der Waals surface area contributed by atoms with Crippen LogP contribution in [0.5, 0.6) is 0 Å². The van der Waals surface area contributed by atoms with E-state index in [1.54, 1.807) is 31.2 Å². The second-order valence-electron chi connectivity index (χ2n) is 5.28. The van der Waals surface area contributed by atoms with Crippen LogP contribution in [-0.2, 0) is 11.8 Å². The van der Waals surface area contributed by atoms with Crippen LogP contribution < -0.4 is 5.32 Å². The van der Waals surface area contributed by atoms with Gasteiger partial charge in [-0.05, 0) is 24.6 Å². The molecule has 1 N–H and O–H groups in total. The van der Waals surface area contributed by atoms with E-state index in [0.29, 0.717) is 11.1 Å². The van der Waals surface area contributed by atoms with E-state index in [0.717, 1.165) is 4.68 Å². The average molecular weight is 372 g/mol. The molecule has 2 rings (SSSR count). The summed E-state index contributed by atoms with van der Waals surface area (Å²) in [6.45, 7) is 1.68. The van der Waals surface area contributed by atoms with Gasteiger partial charge in [0.25, 0.3) is 12.3 Å². The topological polar surface area (TPSA) is 73.2 Å². The molecule has 0 radical (unpaired) electrons. The van der Waals surface area contributed by atoms with Crippen LogP contribution in [0.1, 0.15) is 51.4 Å². The number of alkyl halides is 2. The molecule has 0 aliphatic carbocycles. The molecule has 1 heterocycles. The summed E-state index contributed by atoms with van der Waals surface area (Å²) in [5.41, 5.74) is 0.0233. The quantitative estimate of drug-likeness (QED) is 0.818. The van der Waals surface area contributed by atoms with E-state index in [1.807, 2.05) is 0 Å². The molecular formula is C16H16ClF2N3O3. The first-order chi connectivity index (χ1) is 11.8. The fourth-order valence-corrected chi connectivity index (χ4v) is 2.48. The molecule has 0 aliphatic rings. The number of nitrogens with one attached hydrogen (secondary N) is 1. The van der Waals surface area contributed by atoms with Crippen LogP contribution >= 0.6 is 11.6 Å². The molecule has 0 aliphatic heterocycles. The Morgan fingerprint density at radius 1 is 1.28 bits per heavy atom. The van der Waals surface area contributed by atoms with E-state index >= 15 is 0 Å². The molecule has 134 valence electrons. The number of nitrogens with zero attached hydrogens (tertiary/aromatic N) is 2. The summed E-state index contributed by atoms with van der Waals surface area (Å²) >= 11 is 5.91. The smallest absolute Gasteiger partial charge is 0.337 e. The van der Waals surface area contributed by atoms with Crippen molar-refractivity contribution in [1.29, 1.82) is 0 Å². The van der Waals surface area contributed by atoms with Gasteiger partial charge >= 0.3 is 5.97 Å². The fraction of sp³-hybridized carbons (Fsp3) is 0.312. The zero-order chi connectivity index (χ0) is 18.7. The van der Waals surface area contributed by atoms with Crippen LogP contribution in [0.15, 0.2) is 24.3 Å². The van der Waals surface area contributed by atoms with E-state index in [4.69, 9.17) is 11.6 Å². The van der Waals surface area contributed by atoms with E-state index in [1.165, 1.54) is 14.2 Å². The first-order valence-electron chi connectivity index (χ1n) is 7.26. The first kappa shape index (κ1) is 18.9. The molecule has 6 nitrogen and oxygen atoms in total. The van der Waals surface area contributed by atoms with Crippen LogP contribution in [0.25, 0.3) is 0 Å². The third kappa shape index (κ3) is 3.96. The molecule has 1 amide bonds. The Bertz CT molecular complexity index is 791. The van der Waals surface area contributed by atoms with Crippen molar-refractivity contribution in [1.82, 2.24) is 15.1 Å². The SMILES string of the molecule is COC(=O)c1ccc(C(C)NC(=O)c2c(C(F)F)nn(C)c2Cl)cc1. The summed E-state index contributed by atoms with van der Waals surface area (Å²) in [6.07, 6.45) is -2.92. The number of rotatable bonds is 5. The van der Waals surface area contributed by atoms with Gasteiger partial charge in [-0.2, -0.15) is 5.10 Å². The van der Waals surface area contributed by atoms with Crippen LogP contribution in [0.2, 0.25) is 5.15 Å². The number of hydrogen-bond donors (Lipinski definition) is 1. The maximum absolute atomic E-state index is 13.0. The van der Waals surface area contributed by atoms with Gasteiger partial charge in [0.2, 0.25) is 0 Å². The largest absolute Gasteiger partial charge is 0.465 e. The maximum atomic E-state index is 13.0. The van der Waals surface area contributed by atoms with Crippen LogP contribution in [0.3, 0.4) is 0 Å². The van der Waals surface area contributed by atoms with Gasteiger partial charge in [-0.15, -0.1) is 0 Å². The van der Waals surface area contributed by atoms with Gasteiger partial charge in [0.1, 0.15) is 16.4 Å². The number of carbonyl (C=O) groups is 2. The minimum Gasteiger partial charge on any atom is -0.465 e. The minimum absolute atomic E-state index is 0.166. The number of benzene rings is 1. The van der Waals surface area contributed by atoms with Gasteiger partial charge in [0, 0.05) is 7.05 Å². The third-order valence-electron chi connectivity index (χ3n) is 3.62. The lowest BCUT2D eigenvalue weighted by Gasteiger charge is -2.15. The number of halogens is 3. The number of ether oxygens (including phenoxy) is 1. The highest BCUT2D eigenvalue weighted by atomic mass is 35.5. The van der Waals surface area contributed by atoms with Crippen LogP contribution in [-0.4, -0.2) is 28.8 Å². The van der Waals surface area contributed by atoms with Crippen molar-refractivity contribution in [3.8, 4) is 0 Å². The highest BCUT2D eigenvalue weighted by Crippen LogP contribution is 2.28. The summed E-state index contributed by atoms with van der Waals surface area (Å²) in [4.78, 5) is 23.8. The summed E-state index contributed by atoms with van der Waals surface area (Å²) in [5, 5.41) is 6.01. The standard InChI is InChI=1S/C16H16ClF2N3O3/c1-8(9-4-6-10(7-5-9)16(24)25-3)20-15(23)11-12(14(18)19)21-22(2)13(11)17/h4-8,14H,1-3H3,(H,20,23). The summed E-state index contributed by atoms with van der Waals surface area (Å²) in [7, 11) is 2.65. The molecule has 1 atom stereocenters. The van der Waals surface area contributed by atoms with Gasteiger partial charge in [-0.1, -0.05) is 23.7 Å². The zero-order valence-electron chi connectivity index (χ0n) is 13.7. The second-order valence-corrected chi connectivity index (χ2v) is 5.64. The molecular weight excluding hydrogens is 356 g/mol. The van der Waals surface area contributed by atoms with Crippen LogP contribution in [0, 0.1) is 0 Å². The van der Waals surface area contributed by atoms with Crippen molar-refractivity contribution in [2.75, 3.05) is 7.11 Å². The number of amides is 1. The van der Waals surface area contributed by atoms with Crippen molar-refractivity contribution in [3.05, 3.63) is 51.8 Å². The normalized spacial score (nSPS) is 12.1. The molecule has 9 heteroatoms. The maximum Gasteiger partial charge on any atom is 0.337 e. The van der Waals surface area contributed by atoms with E-state index < -0.39 is 30.0 Å². The number of carbonyl (C=O) groups excluding carboxylic acids is 2. The van der Waals surface area contributed by atoms with Gasteiger partial charge in [-0.3, -0.25) is 9.48 Å². The van der Waals surface area contributed by atoms with Gasteiger partial charge in [-0.25, -0.2) is 13.6 Å². The zero-order valence-corrected chi connectivity index (χ0v) is 14.5. The Balaban J connectivity index is 2.19. The van der Waals surface area contributed by atoms with E-state index in [-0.39, 0.29) is 10.7 Å². The number of esters is 1. The molecule has 0 fully saturated rings. The Morgan fingerprint density at radius 2 is 1.88 bits per heavy atom. The molecule has 1 aromatic carbocycles. The number of hydrogen-bond acceptors (Lipinski definition) is 4. The second kappa shape index (κ2) is 7.60. The van der Waals surface area contributed by atoms with Gasteiger partial charge in [0.05, 0.1) is 18.7 Å². The fourth-order valence-electron chi connectivity index (χ4n) is 2.26. The highest BCUT2D eigenvalue weighted by molar-refractivity contribution is 6.33. The summed E-state index contributed by atoms with van der Waals surface area (Å²) < 4.78 is 31.7. The van der Waals surface area contributed by atoms with E-state index in [2.05, 4.69) is 15.2 Å². The molecule has 0 saturated heterocycles. The Morgan fingerprint density at radius 3 is 2.40 bits per heavy atom. The number of aryl methyl sites for hydroxylation is 1. The van der Waals surface area contributed by atoms with Crippen LogP contribution in [0.4, 0.5) is 8.78 Å². The molecule has 0 bridgehead atoms. The molecule has 1 unspecified atom stereocenters. The van der Waals surface area contributed by atoms with Gasteiger partial charge < -0.3 is 10.1 Å². The summed E-state index contributed by atoms with van der Waals surface area (Å²) in [6, 6.07) is 5.87. The molecule has 25 heavy (non-hydrogen) atoms. The van der Waals surface area contributed by atoms with Gasteiger partial charge in [0.15, 0.2) is 0 Å². The lowest BCUT2D eigenvalue weighted by Crippen LogP contribution is -2.27. The predicted octanol–water partition coefficient (Wildman–Crippen LogP) is 3.29. The van der Waals surface area contributed by atoms with Crippen molar-refractivity contribution in [3.63, 3.8) is 0 Å². The molecule has 0 saturated carbocycles. The lowest BCUT2D eigenvalue weighted by molar-refractivity contribution is 0.0600. The Kier molecular flexibility index (Phi) is 5.73. The predicted molar refractivity (Wildman–Crippen MR) is 86.8 cm³/mol. The molecule has 0 spiro atoms. The molecule has 1 aromatic heterocycles. The monoisotopic (exact) mass is 371 g/mol. The first-order valence-corrected chi connectivity index (χ1v) is 7.63. The highest BCUT2D eigenvalue weighted by Gasteiger charge is 2.28. The minimum atomic E-state index is -2.92. The van der Waals surface area contributed by atoms with Crippen molar-refractivity contribution in [2.24, 2.45) is 7.05 Å². The summed E-state index contributed by atoms with van der Waals surface area (Å²) in [5.74, 6) is -1.23. The molecule has 2 aromatic rings. The Labute approximate surface area is 147 Å². The van der Waals surface area contributed by atoms with Crippen molar-refractivity contribution in [2.45, 2.75) is 19.4 Å². The lowest BCUT2D eigenvalue weighted by atomic mass is 10.1. The van der Waals surface area contributed by atoms with Crippen molar-refractivity contribution >= 4 is 23.5 Å². The van der Waals surface area contributed by atoms with E-state index in [9.17, 15) is 18.4 Å². The van der Waals surface area contributed by atoms with Crippen molar-refractivity contribution < 1.29 is 23.1 Å². The number of aromatic nitrogens is 2. The Hall–Kier alpha value is -2.48. The average Bonchev–Trinajstić information content (AvgIpc) is 2.89.